The van der Waals surface area contributed by atoms with Crippen molar-refractivity contribution in [3.8, 4) is 11.4 Å². The molecule has 0 fully saturated rings. The molecule has 18 heavy (non-hydrogen) atoms. The molecule has 3 nitrogen and oxygen atoms in total. The quantitative estimate of drug-likeness (QED) is 0.719. The van der Waals surface area contributed by atoms with Crippen molar-refractivity contribution in [1.82, 2.24) is 14.8 Å². The second kappa shape index (κ2) is 4.53. The highest BCUT2D eigenvalue weighted by Crippen LogP contribution is 2.30. The Morgan fingerprint density at radius 2 is 1.94 bits per heavy atom. The molecule has 90 valence electrons. The summed E-state index contributed by atoms with van der Waals surface area (Å²) in [6.07, 6.45) is 1.79. The third kappa shape index (κ3) is 1.73. The fourth-order valence-electron chi connectivity index (χ4n) is 2.10. The van der Waals surface area contributed by atoms with E-state index < -0.39 is 0 Å². The standard InChI is InChI=1S/C14H12BrN3/c1-2-18-12-8-4-3-6-10(12)13(17-18)14-11(15)7-5-9-16-14/h3-9H,2H2,1H3. The minimum Gasteiger partial charge on any atom is -0.264 e. The van der Waals surface area contributed by atoms with Crippen LogP contribution in [0.25, 0.3) is 22.3 Å². The number of hydrogen-bond acceptors (Lipinski definition) is 2. The van der Waals surface area contributed by atoms with Gasteiger partial charge in [-0.3, -0.25) is 9.67 Å². The molecular formula is C14H12BrN3. The van der Waals surface area contributed by atoms with Crippen molar-refractivity contribution in [1.29, 1.82) is 0 Å². The average Bonchev–Trinajstić information content (AvgIpc) is 2.78. The first-order valence-electron chi connectivity index (χ1n) is 5.87. The Kier molecular flexibility index (Phi) is 2.88. The lowest BCUT2D eigenvalue weighted by Gasteiger charge is -1.99. The van der Waals surface area contributed by atoms with E-state index in [-0.39, 0.29) is 0 Å². The summed E-state index contributed by atoms with van der Waals surface area (Å²) in [5.41, 5.74) is 2.97. The SMILES string of the molecule is CCn1nc(-c2ncccc2Br)c2ccccc21. The van der Waals surface area contributed by atoms with E-state index in [1.807, 2.05) is 28.9 Å². The van der Waals surface area contributed by atoms with Gasteiger partial charge in [-0.2, -0.15) is 5.10 Å². The van der Waals surface area contributed by atoms with E-state index in [9.17, 15) is 0 Å². The first kappa shape index (κ1) is 11.4. The van der Waals surface area contributed by atoms with Gasteiger partial charge >= 0.3 is 0 Å². The molecule has 0 radical (unpaired) electrons. The molecule has 1 aromatic carbocycles. The molecule has 0 saturated carbocycles. The molecule has 0 spiro atoms. The Balaban J connectivity index is 2.33. The van der Waals surface area contributed by atoms with Gasteiger partial charge in [0.15, 0.2) is 0 Å². The zero-order valence-corrected chi connectivity index (χ0v) is 11.6. The van der Waals surface area contributed by atoms with Crippen LogP contribution in [0.5, 0.6) is 0 Å². The number of pyridine rings is 1. The normalized spacial score (nSPS) is 11.0. The summed E-state index contributed by atoms with van der Waals surface area (Å²) >= 11 is 3.54. The fraction of sp³-hybridized carbons (Fsp3) is 0.143. The smallest absolute Gasteiger partial charge is 0.120 e. The second-order valence-corrected chi connectivity index (χ2v) is 4.87. The van der Waals surface area contributed by atoms with Crippen LogP contribution in [0, 0.1) is 0 Å². The number of nitrogens with zero attached hydrogens (tertiary/aromatic N) is 3. The van der Waals surface area contributed by atoms with E-state index in [0.29, 0.717) is 0 Å². The van der Waals surface area contributed by atoms with Gasteiger partial charge < -0.3 is 0 Å². The van der Waals surface area contributed by atoms with E-state index >= 15 is 0 Å². The van der Waals surface area contributed by atoms with Gasteiger partial charge in [0.1, 0.15) is 11.4 Å². The third-order valence-corrected chi connectivity index (χ3v) is 3.58. The maximum absolute atomic E-state index is 4.66. The largest absolute Gasteiger partial charge is 0.264 e. The van der Waals surface area contributed by atoms with Crippen LogP contribution >= 0.6 is 15.9 Å². The molecule has 0 aliphatic rings. The van der Waals surface area contributed by atoms with E-state index in [1.165, 1.54) is 0 Å². The highest BCUT2D eigenvalue weighted by atomic mass is 79.9. The summed E-state index contributed by atoms with van der Waals surface area (Å²) in [6.45, 7) is 2.95. The zero-order chi connectivity index (χ0) is 12.5. The van der Waals surface area contributed by atoms with Gasteiger partial charge in [0.25, 0.3) is 0 Å². The van der Waals surface area contributed by atoms with Crippen molar-refractivity contribution < 1.29 is 0 Å². The van der Waals surface area contributed by atoms with Gasteiger partial charge in [0.2, 0.25) is 0 Å². The topological polar surface area (TPSA) is 30.7 Å². The van der Waals surface area contributed by atoms with Crippen LogP contribution in [-0.2, 0) is 6.54 Å². The first-order chi connectivity index (χ1) is 8.81. The fourth-order valence-corrected chi connectivity index (χ4v) is 2.55. The van der Waals surface area contributed by atoms with Gasteiger partial charge in [0, 0.05) is 22.6 Å². The molecule has 0 saturated heterocycles. The van der Waals surface area contributed by atoms with E-state index in [2.05, 4.69) is 45.1 Å². The third-order valence-electron chi connectivity index (χ3n) is 2.94. The van der Waals surface area contributed by atoms with Crippen LogP contribution < -0.4 is 0 Å². The summed E-state index contributed by atoms with van der Waals surface area (Å²) in [5, 5.41) is 5.80. The van der Waals surface area contributed by atoms with Crippen LogP contribution in [0.1, 0.15) is 6.92 Å². The molecule has 2 aromatic heterocycles. The van der Waals surface area contributed by atoms with Gasteiger partial charge in [-0.1, -0.05) is 18.2 Å². The number of benzene rings is 1. The molecule has 0 N–H and O–H groups in total. The van der Waals surface area contributed by atoms with Crippen LogP contribution in [0.4, 0.5) is 0 Å². The summed E-state index contributed by atoms with van der Waals surface area (Å²) in [5.74, 6) is 0. The average molecular weight is 302 g/mol. The van der Waals surface area contributed by atoms with Crippen LogP contribution in [0.3, 0.4) is 0 Å². The van der Waals surface area contributed by atoms with Gasteiger partial charge in [-0.15, -0.1) is 0 Å². The molecule has 0 aliphatic heterocycles. The molecule has 3 aromatic rings. The number of aryl methyl sites for hydroxylation is 1. The molecule has 0 unspecified atom stereocenters. The monoisotopic (exact) mass is 301 g/mol. The Hall–Kier alpha value is -1.68. The predicted octanol–water partition coefficient (Wildman–Crippen LogP) is 3.88. The summed E-state index contributed by atoms with van der Waals surface area (Å²) in [4.78, 5) is 4.42. The second-order valence-electron chi connectivity index (χ2n) is 4.02. The van der Waals surface area contributed by atoms with E-state index in [0.717, 1.165) is 33.3 Å². The molecule has 3 rings (SSSR count). The van der Waals surface area contributed by atoms with Crippen molar-refractivity contribution in [3.05, 3.63) is 47.1 Å². The number of hydrogen-bond donors (Lipinski definition) is 0. The Bertz CT molecular complexity index is 703. The molecule has 0 amide bonds. The van der Waals surface area contributed by atoms with Crippen LogP contribution in [-0.4, -0.2) is 14.8 Å². The minimum absolute atomic E-state index is 0.852. The predicted molar refractivity (Wildman–Crippen MR) is 76.3 cm³/mol. The number of para-hydroxylation sites is 1. The van der Waals surface area contributed by atoms with Gasteiger partial charge in [-0.05, 0) is 41.1 Å². The molecule has 4 heteroatoms. The molecule has 2 heterocycles. The highest BCUT2D eigenvalue weighted by Gasteiger charge is 2.14. The maximum atomic E-state index is 4.66. The number of fused-ring (bicyclic) bond motifs is 1. The van der Waals surface area contributed by atoms with E-state index in [1.54, 1.807) is 6.20 Å². The highest BCUT2D eigenvalue weighted by molar-refractivity contribution is 9.10. The molecule has 0 atom stereocenters. The number of halogens is 1. The van der Waals surface area contributed by atoms with Crippen LogP contribution in [0.15, 0.2) is 47.1 Å². The lowest BCUT2D eigenvalue weighted by molar-refractivity contribution is 0.686. The van der Waals surface area contributed by atoms with E-state index in [4.69, 9.17) is 0 Å². The van der Waals surface area contributed by atoms with Crippen molar-refractivity contribution >= 4 is 26.8 Å². The van der Waals surface area contributed by atoms with Crippen molar-refractivity contribution in [2.45, 2.75) is 13.5 Å². The number of aromatic nitrogens is 3. The van der Waals surface area contributed by atoms with Crippen LogP contribution in [0.2, 0.25) is 0 Å². The lowest BCUT2D eigenvalue weighted by atomic mass is 10.1. The Morgan fingerprint density at radius 1 is 1.11 bits per heavy atom. The van der Waals surface area contributed by atoms with Crippen molar-refractivity contribution in [3.63, 3.8) is 0 Å². The Labute approximate surface area is 114 Å². The van der Waals surface area contributed by atoms with Gasteiger partial charge in [-0.25, -0.2) is 0 Å². The zero-order valence-electron chi connectivity index (χ0n) is 9.97. The molecule has 0 bridgehead atoms. The summed E-state index contributed by atoms with van der Waals surface area (Å²) in [7, 11) is 0. The molecular weight excluding hydrogens is 290 g/mol. The molecule has 0 aliphatic carbocycles. The van der Waals surface area contributed by atoms with Gasteiger partial charge in [0.05, 0.1) is 5.52 Å². The lowest BCUT2D eigenvalue weighted by Crippen LogP contribution is -1.96. The maximum Gasteiger partial charge on any atom is 0.120 e. The number of rotatable bonds is 2. The summed E-state index contributed by atoms with van der Waals surface area (Å²) < 4.78 is 2.97. The first-order valence-corrected chi connectivity index (χ1v) is 6.67. The minimum atomic E-state index is 0.852. The summed E-state index contributed by atoms with van der Waals surface area (Å²) in [6, 6.07) is 12.1. The van der Waals surface area contributed by atoms with Crippen molar-refractivity contribution in [2.75, 3.05) is 0 Å². The Morgan fingerprint density at radius 3 is 2.72 bits per heavy atom. The van der Waals surface area contributed by atoms with Crippen molar-refractivity contribution in [2.24, 2.45) is 0 Å².